The Balaban J connectivity index is 0.000000886. The molecule has 0 spiro atoms. The summed E-state index contributed by atoms with van der Waals surface area (Å²) in [6, 6.07) is 5.49. The van der Waals surface area contributed by atoms with Crippen LogP contribution >= 0.6 is 11.6 Å². The average molecular weight is 553 g/mol. The van der Waals surface area contributed by atoms with E-state index in [0.29, 0.717) is 59.4 Å². The highest BCUT2D eigenvalue weighted by Gasteiger charge is 2.30. The summed E-state index contributed by atoms with van der Waals surface area (Å²) in [6.45, 7) is 6.47. The Bertz CT molecular complexity index is 1150. The van der Waals surface area contributed by atoms with E-state index in [2.05, 4.69) is 24.9 Å². The van der Waals surface area contributed by atoms with Crippen LogP contribution in [0.15, 0.2) is 30.6 Å². The van der Waals surface area contributed by atoms with Gasteiger partial charge in [-0.2, -0.15) is 0 Å². The lowest BCUT2D eigenvalue weighted by Crippen LogP contribution is -2.23. The summed E-state index contributed by atoms with van der Waals surface area (Å²) in [5.74, 6) is 2.75. The number of aliphatic hydroxyl groups is 1. The molecule has 13 heteroatoms. The molecule has 1 fully saturated rings. The molecule has 37 heavy (non-hydrogen) atoms. The van der Waals surface area contributed by atoms with E-state index in [0.717, 1.165) is 6.42 Å². The second kappa shape index (κ2) is 13.7. The van der Waals surface area contributed by atoms with Crippen molar-refractivity contribution in [2.24, 2.45) is 0 Å². The Kier molecular flexibility index (Phi) is 10.6. The molecule has 0 aliphatic carbocycles. The number of hydrogen-bond acceptors (Lipinski definition) is 9. The number of hydrogen-bond donors (Lipinski definition) is 2. The first-order chi connectivity index (χ1) is 17.7. The number of halogens is 1. The summed E-state index contributed by atoms with van der Waals surface area (Å²) in [5, 5.41) is 16.9. The van der Waals surface area contributed by atoms with Crippen LogP contribution in [-0.2, 0) is 22.1 Å². The minimum atomic E-state index is -1.51. The van der Waals surface area contributed by atoms with Gasteiger partial charge in [0.05, 0.1) is 31.1 Å². The zero-order chi connectivity index (χ0) is 26.9. The average Bonchev–Trinajstić information content (AvgIpc) is 3.54. The van der Waals surface area contributed by atoms with Crippen molar-refractivity contribution in [3.05, 3.63) is 47.3 Å². The summed E-state index contributed by atoms with van der Waals surface area (Å²) in [5.41, 5.74) is 0.627. The van der Waals surface area contributed by atoms with Crippen molar-refractivity contribution in [3.63, 3.8) is 0 Å². The fraction of sp³-hybridized carbons (Fsp3) is 0.500. The molecule has 1 aromatic carbocycles. The highest BCUT2D eigenvalue weighted by atomic mass is 35.5. The predicted octanol–water partition coefficient (Wildman–Crippen LogP) is 3.33. The molecule has 0 radical (unpaired) electrons. The van der Waals surface area contributed by atoms with Crippen LogP contribution in [0, 0.1) is 0 Å². The van der Waals surface area contributed by atoms with Crippen molar-refractivity contribution in [1.29, 1.82) is 0 Å². The van der Waals surface area contributed by atoms with Crippen LogP contribution in [0.5, 0.6) is 11.5 Å². The molecule has 4 rings (SSSR count). The summed E-state index contributed by atoms with van der Waals surface area (Å²) >= 11 is 5.85. The van der Waals surface area contributed by atoms with E-state index >= 15 is 0 Å². The van der Waals surface area contributed by atoms with Crippen molar-refractivity contribution in [3.8, 4) is 17.2 Å². The van der Waals surface area contributed by atoms with E-state index in [1.807, 2.05) is 25.1 Å². The summed E-state index contributed by atoms with van der Waals surface area (Å²) < 4.78 is 34.8. The molecule has 2 aromatic heterocycles. The topological polar surface area (TPSA) is 134 Å². The quantitative estimate of drug-likeness (QED) is 0.410. The Morgan fingerprint density at radius 1 is 1.19 bits per heavy atom. The van der Waals surface area contributed by atoms with E-state index in [4.69, 9.17) is 30.9 Å². The number of aliphatic hydroxyl groups excluding tert-OH is 1. The van der Waals surface area contributed by atoms with Crippen molar-refractivity contribution in [2.75, 3.05) is 32.2 Å². The molecule has 11 nitrogen and oxygen atoms in total. The molecule has 0 amide bonds. The van der Waals surface area contributed by atoms with Crippen molar-refractivity contribution in [1.82, 2.24) is 24.7 Å². The maximum atomic E-state index is 13.2. The van der Waals surface area contributed by atoms with Gasteiger partial charge >= 0.3 is 0 Å². The molecular formula is C24H33ClN6O5S. The smallest absolute Gasteiger partial charge is 0.241 e. The number of methoxy groups -OCH3 is 2. The number of nitrogens with one attached hydrogen (secondary N) is 1. The molecule has 3 unspecified atom stereocenters. The monoisotopic (exact) mass is 552 g/mol. The molecule has 3 aromatic rings. The summed E-state index contributed by atoms with van der Waals surface area (Å²) in [7, 11) is 1.66. The van der Waals surface area contributed by atoms with Crippen molar-refractivity contribution >= 4 is 28.5 Å². The van der Waals surface area contributed by atoms with Crippen molar-refractivity contribution < 1.29 is 23.5 Å². The first-order valence-electron chi connectivity index (χ1n) is 11.8. The molecule has 202 valence electrons. The van der Waals surface area contributed by atoms with Crippen LogP contribution in [-0.4, -0.2) is 72.8 Å². The van der Waals surface area contributed by atoms with Crippen LogP contribution in [0.1, 0.15) is 44.8 Å². The fourth-order valence-corrected chi connectivity index (χ4v) is 4.52. The van der Waals surface area contributed by atoms with Gasteiger partial charge in [-0.05, 0) is 39.3 Å². The van der Waals surface area contributed by atoms with Gasteiger partial charge < -0.3 is 19.3 Å². The molecular weight excluding hydrogens is 520 g/mol. The molecule has 3 atom stereocenters. The Labute approximate surface area is 224 Å². The van der Waals surface area contributed by atoms with Crippen molar-refractivity contribution in [2.45, 2.75) is 50.9 Å². The van der Waals surface area contributed by atoms with Gasteiger partial charge in [0.2, 0.25) is 5.95 Å². The van der Waals surface area contributed by atoms with Gasteiger partial charge in [-0.25, -0.2) is 14.2 Å². The molecule has 2 N–H and O–H groups in total. The number of rotatable bonds is 9. The molecule has 0 saturated carbocycles. The number of ether oxygens (including phenoxy) is 3. The Hall–Kier alpha value is -2.80. The largest absolute Gasteiger partial charge is 0.494 e. The lowest BCUT2D eigenvalue weighted by Gasteiger charge is -2.19. The summed E-state index contributed by atoms with van der Waals surface area (Å²) in [4.78, 5) is 8.38. The van der Waals surface area contributed by atoms with Gasteiger partial charge in [0.15, 0.2) is 0 Å². The van der Waals surface area contributed by atoms with Gasteiger partial charge in [-0.1, -0.05) is 17.7 Å². The zero-order valence-electron chi connectivity index (χ0n) is 21.5. The van der Waals surface area contributed by atoms with Gasteiger partial charge in [-0.15, -0.1) is 10.2 Å². The molecule has 1 aliphatic heterocycles. The molecule has 1 saturated heterocycles. The van der Waals surface area contributed by atoms with Crippen LogP contribution in [0.4, 0.5) is 5.95 Å². The number of anilines is 1. The first kappa shape index (κ1) is 28.8. The lowest BCUT2D eigenvalue weighted by atomic mass is 10.1. The van der Waals surface area contributed by atoms with Crippen LogP contribution in [0.2, 0.25) is 5.02 Å². The third kappa shape index (κ3) is 7.60. The lowest BCUT2D eigenvalue weighted by molar-refractivity contribution is 0.193. The number of benzene rings is 1. The number of para-hydroxylation sites is 1. The second-order valence-corrected chi connectivity index (χ2v) is 10.7. The fourth-order valence-electron chi connectivity index (χ4n) is 3.61. The van der Waals surface area contributed by atoms with E-state index in [1.54, 1.807) is 32.6 Å². The van der Waals surface area contributed by atoms with E-state index < -0.39 is 11.0 Å². The van der Waals surface area contributed by atoms with Crippen LogP contribution < -0.4 is 14.2 Å². The van der Waals surface area contributed by atoms with Gasteiger partial charge in [0.1, 0.15) is 39.8 Å². The van der Waals surface area contributed by atoms with E-state index in [1.165, 1.54) is 12.4 Å². The number of aromatic nitrogens is 5. The third-order valence-corrected chi connectivity index (χ3v) is 6.79. The van der Waals surface area contributed by atoms with E-state index in [9.17, 15) is 4.21 Å². The van der Waals surface area contributed by atoms with Gasteiger partial charge in [-0.3, -0.25) is 9.29 Å². The van der Waals surface area contributed by atoms with Crippen LogP contribution in [0.3, 0.4) is 0 Å². The molecule has 1 aliphatic rings. The first-order valence-corrected chi connectivity index (χ1v) is 13.4. The highest BCUT2D eigenvalue weighted by Crippen LogP contribution is 2.38. The van der Waals surface area contributed by atoms with E-state index in [-0.39, 0.29) is 17.3 Å². The minimum absolute atomic E-state index is 0.0380. The Morgan fingerprint density at radius 2 is 1.81 bits per heavy atom. The SMILES string of the molecule is CC(C)O.COc1cccc(OC)c1-n1c(NS(=O)C(C)Cc2ncc(Cl)cn2)nnc1C1CCOC1. The zero-order valence-corrected chi connectivity index (χ0v) is 23.1. The Morgan fingerprint density at radius 3 is 2.35 bits per heavy atom. The molecule has 0 bridgehead atoms. The van der Waals surface area contributed by atoms with Gasteiger partial charge in [0, 0.05) is 37.4 Å². The maximum Gasteiger partial charge on any atom is 0.241 e. The second-order valence-electron chi connectivity index (χ2n) is 8.61. The van der Waals surface area contributed by atoms with Gasteiger partial charge in [0.25, 0.3) is 0 Å². The maximum absolute atomic E-state index is 13.2. The number of nitrogens with zero attached hydrogens (tertiary/aromatic N) is 5. The summed E-state index contributed by atoms with van der Waals surface area (Å²) in [6.07, 6.45) is 4.08. The highest BCUT2D eigenvalue weighted by molar-refractivity contribution is 7.86. The standard InChI is InChI=1S/C21H25ClN6O4S.C3H8O/c1-13(9-18-23-10-15(22)11-24-18)33(29)27-21-26-25-20(14-7-8-32-12-14)28(21)19-16(30-2)5-4-6-17(19)31-3;1-3(2)4/h4-6,10-11,13-14H,7-9,12H2,1-3H3,(H,26,27);3-4H,1-2H3. The van der Waals surface area contributed by atoms with Crippen LogP contribution in [0.25, 0.3) is 5.69 Å². The third-order valence-electron chi connectivity index (χ3n) is 5.31. The predicted molar refractivity (Wildman–Crippen MR) is 142 cm³/mol. The normalized spacial score (nSPS) is 16.6. The molecule has 3 heterocycles. The minimum Gasteiger partial charge on any atom is -0.494 e.